The molecule has 0 aliphatic rings. The summed E-state index contributed by atoms with van der Waals surface area (Å²) < 4.78 is 2.31. The second-order valence-corrected chi connectivity index (χ2v) is 5.49. The van der Waals surface area contributed by atoms with Crippen molar-refractivity contribution in [2.24, 2.45) is 0 Å². The van der Waals surface area contributed by atoms with Gasteiger partial charge in [-0.05, 0) is 51.2 Å². The van der Waals surface area contributed by atoms with Crippen LogP contribution in [0.3, 0.4) is 0 Å². The monoisotopic (exact) mass is 277 g/mol. The Bertz CT molecular complexity index is 546. The lowest BCUT2D eigenvalue weighted by molar-refractivity contribution is 0.386. The first-order valence-electron chi connectivity index (χ1n) is 6.89. The molecule has 0 fully saturated rings. The largest absolute Gasteiger partial charge is 0.327 e. The molecule has 2 aromatic rings. The van der Waals surface area contributed by atoms with Gasteiger partial charge in [0.2, 0.25) is 0 Å². The van der Waals surface area contributed by atoms with Gasteiger partial charge in [0.25, 0.3) is 0 Å². The Balaban J connectivity index is 2.29. The molecule has 0 aliphatic carbocycles. The summed E-state index contributed by atoms with van der Waals surface area (Å²) in [4.78, 5) is 6.93. The van der Waals surface area contributed by atoms with E-state index in [0.29, 0.717) is 5.75 Å². The number of fused-ring (bicyclic) bond motifs is 1. The summed E-state index contributed by atoms with van der Waals surface area (Å²) in [5.74, 6) is 1.77. The molecule has 0 spiro atoms. The van der Waals surface area contributed by atoms with Crippen LogP contribution in [0.25, 0.3) is 11.0 Å². The number of rotatable bonds is 6. The second kappa shape index (κ2) is 6.44. The van der Waals surface area contributed by atoms with Crippen molar-refractivity contribution in [3.63, 3.8) is 0 Å². The summed E-state index contributed by atoms with van der Waals surface area (Å²) in [6.07, 6.45) is 2.19. The summed E-state index contributed by atoms with van der Waals surface area (Å²) >= 11 is 4.41. The third-order valence-electron chi connectivity index (χ3n) is 3.43. The number of imidazole rings is 1. The van der Waals surface area contributed by atoms with E-state index in [2.05, 4.69) is 61.3 Å². The van der Waals surface area contributed by atoms with Gasteiger partial charge < -0.3 is 9.47 Å². The minimum absolute atomic E-state index is 0.693. The molecule has 19 heavy (non-hydrogen) atoms. The molecule has 0 N–H and O–H groups in total. The van der Waals surface area contributed by atoms with Gasteiger partial charge in [0, 0.05) is 12.3 Å². The number of thiol groups is 1. The van der Waals surface area contributed by atoms with Crippen molar-refractivity contribution >= 4 is 23.7 Å². The molecule has 0 unspecified atom stereocenters. The fourth-order valence-corrected chi connectivity index (χ4v) is 2.60. The van der Waals surface area contributed by atoms with E-state index < -0.39 is 0 Å². The quantitative estimate of drug-likeness (QED) is 0.820. The lowest BCUT2D eigenvalue weighted by Gasteiger charge is -2.11. The average Bonchev–Trinajstić information content (AvgIpc) is 2.75. The van der Waals surface area contributed by atoms with Gasteiger partial charge in [0.05, 0.1) is 11.0 Å². The van der Waals surface area contributed by atoms with E-state index in [4.69, 9.17) is 4.98 Å². The van der Waals surface area contributed by atoms with Crippen molar-refractivity contribution in [1.82, 2.24) is 14.5 Å². The first-order valence-corrected chi connectivity index (χ1v) is 7.52. The van der Waals surface area contributed by atoms with Crippen LogP contribution in [0.5, 0.6) is 0 Å². The molecule has 1 aromatic carbocycles. The first kappa shape index (κ1) is 14.4. The SMILES string of the molecule is CCc1ccc2c(c1)nc(CS)n2CCCN(C)C. The number of aromatic nitrogens is 2. The van der Waals surface area contributed by atoms with Gasteiger partial charge in [-0.1, -0.05) is 13.0 Å². The van der Waals surface area contributed by atoms with Crippen molar-refractivity contribution in [2.45, 2.75) is 32.1 Å². The minimum Gasteiger partial charge on any atom is -0.327 e. The standard InChI is InChI=1S/C15H23N3S/c1-4-12-6-7-14-13(10-12)16-15(11-19)18(14)9-5-8-17(2)3/h6-7,10,19H,4-5,8-9,11H2,1-3H3. The predicted molar refractivity (Wildman–Crippen MR) is 85.0 cm³/mol. The maximum absolute atomic E-state index is 4.71. The van der Waals surface area contributed by atoms with E-state index in [0.717, 1.165) is 37.3 Å². The van der Waals surface area contributed by atoms with E-state index in [9.17, 15) is 0 Å². The zero-order valence-electron chi connectivity index (χ0n) is 12.1. The molecule has 0 amide bonds. The Morgan fingerprint density at radius 3 is 2.74 bits per heavy atom. The molecule has 3 nitrogen and oxygen atoms in total. The highest BCUT2D eigenvalue weighted by Gasteiger charge is 2.09. The Kier molecular flexibility index (Phi) is 4.88. The maximum Gasteiger partial charge on any atom is 0.119 e. The van der Waals surface area contributed by atoms with Gasteiger partial charge in [-0.3, -0.25) is 0 Å². The molecule has 0 bridgehead atoms. The van der Waals surface area contributed by atoms with Crippen LogP contribution in [0.4, 0.5) is 0 Å². The van der Waals surface area contributed by atoms with Crippen LogP contribution in [-0.2, 0) is 18.7 Å². The third-order valence-corrected chi connectivity index (χ3v) is 3.71. The summed E-state index contributed by atoms with van der Waals surface area (Å²) in [5.41, 5.74) is 3.68. The number of benzene rings is 1. The van der Waals surface area contributed by atoms with Gasteiger partial charge in [-0.15, -0.1) is 0 Å². The first-order chi connectivity index (χ1) is 9.15. The highest BCUT2D eigenvalue weighted by Crippen LogP contribution is 2.20. The number of hydrogen-bond acceptors (Lipinski definition) is 3. The van der Waals surface area contributed by atoms with Crippen LogP contribution in [0.2, 0.25) is 0 Å². The highest BCUT2D eigenvalue weighted by molar-refractivity contribution is 7.79. The predicted octanol–water partition coefficient (Wildman–Crippen LogP) is 2.98. The lowest BCUT2D eigenvalue weighted by atomic mass is 10.1. The number of nitrogens with zero attached hydrogens (tertiary/aromatic N) is 3. The van der Waals surface area contributed by atoms with E-state index in [1.807, 2.05) is 0 Å². The fourth-order valence-electron chi connectivity index (χ4n) is 2.36. The smallest absolute Gasteiger partial charge is 0.119 e. The van der Waals surface area contributed by atoms with Crippen molar-refractivity contribution in [3.8, 4) is 0 Å². The normalized spacial score (nSPS) is 11.6. The summed E-state index contributed by atoms with van der Waals surface area (Å²) in [6.45, 7) is 4.28. The van der Waals surface area contributed by atoms with Crippen molar-refractivity contribution in [3.05, 3.63) is 29.6 Å². The molecule has 0 atom stereocenters. The Morgan fingerprint density at radius 1 is 1.32 bits per heavy atom. The van der Waals surface area contributed by atoms with Gasteiger partial charge in [-0.2, -0.15) is 12.6 Å². The molecule has 1 heterocycles. The molecule has 4 heteroatoms. The topological polar surface area (TPSA) is 21.1 Å². The molecule has 0 radical (unpaired) electrons. The molecule has 2 rings (SSSR count). The van der Waals surface area contributed by atoms with Crippen LogP contribution in [-0.4, -0.2) is 35.1 Å². The Labute approximate surface area is 121 Å². The molecular formula is C15H23N3S. The third kappa shape index (κ3) is 3.31. The minimum atomic E-state index is 0.693. The van der Waals surface area contributed by atoms with Crippen molar-refractivity contribution in [1.29, 1.82) is 0 Å². The Hall–Kier alpha value is -1.00. The summed E-state index contributed by atoms with van der Waals surface area (Å²) in [5, 5.41) is 0. The highest BCUT2D eigenvalue weighted by atomic mass is 32.1. The number of aryl methyl sites for hydroxylation is 2. The molecule has 0 saturated heterocycles. The molecular weight excluding hydrogens is 254 g/mol. The molecule has 0 saturated carbocycles. The van der Waals surface area contributed by atoms with Crippen molar-refractivity contribution in [2.75, 3.05) is 20.6 Å². The van der Waals surface area contributed by atoms with Crippen LogP contribution >= 0.6 is 12.6 Å². The van der Waals surface area contributed by atoms with Crippen LogP contribution in [0, 0.1) is 0 Å². The molecule has 1 aromatic heterocycles. The lowest BCUT2D eigenvalue weighted by Crippen LogP contribution is -2.15. The van der Waals surface area contributed by atoms with Gasteiger partial charge >= 0.3 is 0 Å². The fraction of sp³-hybridized carbons (Fsp3) is 0.533. The van der Waals surface area contributed by atoms with Crippen LogP contribution in [0.1, 0.15) is 24.7 Å². The Morgan fingerprint density at radius 2 is 2.11 bits per heavy atom. The second-order valence-electron chi connectivity index (χ2n) is 5.17. The average molecular weight is 277 g/mol. The van der Waals surface area contributed by atoms with E-state index in [1.165, 1.54) is 11.1 Å². The van der Waals surface area contributed by atoms with Gasteiger partial charge in [0.1, 0.15) is 5.82 Å². The summed E-state index contributed by atoms with van der Waals surface area (Å²) in [7, 11) is 4.22. The van der Waals surface area contributed by atoms with Gasteiger partial charge in [-0.25, -0.2) is 4.98 Å². The maximum atomic E-state index is 4.71. The van der Waals surface area contributed by atoms with Crippen LogP contribution < -0.4 is 0 Å². The van der Waals surface area contributed by atoms with Gasteiger partial charge in [0.15, 0.2) is 0 Å². The van der Waals surface area contributed by atoms with E-state index >= 15 is 0 Å². The number of hydrogen-bond donors (Lipinski definition) is 1. The van der Waals surface area contributed by atoms with Crippen molar-refractivity contribution < 1.29 is 0 Å². The molecule has 104 valence electrons. The van der Waals surface area contributed by atoms with Crippen LogP contribution in [0.15, 0.2) is 18.2 Å². The summed E-state index contributed by atoms with van der Waals surface area (Å²) in [6, 6.07) is 6.60. The molecule has 0 aliphatic heterocycles. The van der Waals surface area contributed by atoms with E-state index in [-0.39, 0.29) is 0 Å². The van der Waals surface area contributed by atoms with E-state index in [1.54, 1.807) is 0 Å². The zero-order valence-corrected chi connectivity index (χ0v) is 13.0. The zero-order chi connectivity index (χ0) is 13.8.